The molecule has 1 amide bonds. The van der Waals surface area contributed by atoms with Crippen LogP contribution in [0.5, 0.6) is 5.75 Å². The van der Waals surface area contributed by atoms with E-state index in [1.165, 1.54) is 12.8 Å². The molecule has 0 atom stereocenters. The molecule has 0 aromatic heterocycles. The molecule has 6 heteroatoms. The minimum Gasteiger partial charge on any atom is -0.490 e. The fourth-order valence-electron chi connectivity index (χ4n) is 2.74. The number of amides is 1. The molecule has 132 valence electrons. The number of rotatable bonds is 10. The summed E-state index contributed by atoms with van der Waals surface area (Å²) in [4.78, 5) is 22.0. The lowest BCUT2D eigenvalue weighted by Gasteiger charge is -2.13. The maximum atomic E-state index is 11.8. The molecule has 0 radical (unpaired) electrons. The van der Waals surface area contributed by atoms with E-state index >= 15 is 0 Å². The molecule has 0 heterocycles. The van der Waals surface area contributed by atoms with Crippen LogP contribution in [0.1, 0.15) is 37.7 Å². The first kappa shape index (κ1) is 18.3. The van der Waals surface area contributed by atoms with Crippen molar-refractivity contribution in [2.45, 2.75) is 44.6 Å². The van der Waals surface area contributed by atoms with Crippen LogP contribution in [0, 0.1) is 0 Å². The fourth-order valence-corrected chi connectivity index (χ4v) is 2.74. The Kier molecular flexibility index (Phi) is 7.55. The van der Waals surface area contributed by atoms with Crippen molar-refractivity contribution in [1.29, 1.82) is 0 Å². The molecular formula is C18H25NO5. The summed E-state index contributed by atoms with van der Waals surface area (Å²) in [6.45, 7) is 0.170. The molecule has 0 spiro atoms. The molecule has 1 aromatic carbocycles. The summed E-state index contributed by atoms with van der Waals surface area (Å²) in [5.74, 6) is -0.209. The second-order valence-corrected chi connectivity index (χ2v) is 5.97. The van der Waals surface area contributed by atoms with Gasteiger partial charge in [0.1, 0.15) is 12.4 Å². The topological polar surface area (TPSA) is 84.9 Å². The van der Waals surface area contributed by atoms with E-state index in [0.29, 0.717) is 25.5 Å². The molecule has 2 N–H and O–H groups in total. The number of hydrogen-bond donors (Lipinski definition) is 2. The zero-order chi connectivity index (χ0) is 17.2. The van der Waals surface area contributed by atoms with Crippen molar-refractivity contribution in [3.63, 3.8) is 0 Å². The predicted octanol–water partition coefficient (Wildman–Crippen LogP) is 2.16. The van der Waals surface area contributed by atoms with E-state index in [-0.39, 0.29) is 19.1 Å². The van der Waals surface area contributed by atoms with Crippen LogP contribution in [0.15, 0.2) is 24.3 Å². The minimum atomic E-state index is -1.01. The van der Waals surface area contributed by atoms with Crippen molar-refractivity contribution in [3.05, 3.63) is 29.8 Å². The minimum absolute atomic E-state index is 0.0731. The van der Waals surface area contributed by atoms with E-state index in [2.05, 4.69) is 5.32 Å². The van der Waals surface area contributed by atoms with Crippen molar-refractivity contribution >= 4 is 11.9 Å². The number of carbonyl (C=O) groups is 2. The highest BCUT2D eigenvalue weighted by atomic mass is 16.5. The summed E-state index contributed by atoms with van der Waals surface area (Å²) in [5.41, 5.74) is 1.07. The van der Waals surface area contributed by atoms with Crippen molar-refractivity contribution in [3.8, 4) is 5.75 Å². The zero-order valence-electron chi connectivity index (χ0n) is 13.8. The molecular weight excluding hydrogens is 310 g/mol. The molecule has 0 unspecified atom stereocenters. The van der Waals surface area contributed by atoms with Crippen LogP contribution in [-0.2, 0) is 20.7 Å². The Morgan fingerprint density at radius 3 is 2.79 bits per heavy atom. The second kappa shape index (κ2) is 9.93. The molecule has 24 heavy (non-hydrogen) atoms. The summed E-state index contributed by atoms with van der Waals surface area (Å²) in [6.07, 6.45) is 6.07. The van der Waals surface area contributed by atoms with Crippen molar-refractivity contribution in [2.75, 3.05) is 19.8 Å². The lowest BCUT2D eigenvalue weighted by molar-refractivity contribution is -0.142. The highest BCUT2D eigenvalue weighted by molar-refractivity contribution is 5.76. The van der Waals surface area contributed by atoms with Crippen LogP contribution in [0.3, 0.4) is 0 Å². The normalized spacial score (nSPS) is 14.5. The third-order valence-corrected chi connectivity index (χ3v) is 3.94. The molecule has 0 bridgehead atoms. The number of ether oxygens (including phenoxy) is 2. The highest BCUT2D eigenvalue weighted by Crippen LogP contribution is 2.24. The lowest BCUT2D eigenvalue weighted by Crippen LogP contribution is -2.28. The van der Waals surface area contributed by atoms with Crippen molar-refractivity contribution in [1.82, 2.24) is 5.32 Å². The summed E-state index contributed by atoms with van der Waals surface area (Å²) < 4.78 is 10.8. The molecule has 1 saturated carbocycles. The number of carbonyl (C=O) groups excluding carboxylic acids is 1. The van der Waals surface area contributed by atoms with Gasteiger partial charge in [-0.25, -0.2) is 4.79 Å². The first-order valence-corrected chi connectivity index (χ1v) is 8.45. The lowest BCUT2D eigenvalue weighted by atomic mass is 10.1. The van der Waals surface area contributed by atoms with Gasteiger partial charge in [-0.15, -0.1) is 0 Å². The third-order valence-electron chi connectivity index (χ3n) is 3.94. The van der Waals surface area contributed by atoms with Crippen LogP contribution in [0.2, 0.25) is 0 Å². The van der Waals surface area contributed by atoms with Crippen LogP contribution >= 0.6 is 0 Å². The smallest absolute Gasteiger partial charge is 0.329 e. The standard InChI is InChI=1S/C18H25NO5/c20-17(19-10-11-23-13-18(21)22)9-8-14-4-3-7-16(12-14)24-15-5-1-2-6-15/h3-4,7,12,15H,1-2,5-6,8-11,13H2,(H,19,20)(H,21,22). The Labute approximate surface area is 142 Å². The van der Waals surface area contributed by atoms with Gasteiger partial charge in [-0.05, 0) is 49.8 Å². The van der Waals surface area contributed by atoms with E-state index in [0.717, 1.165) is 24.2 Å². The van der Waals surface area contributed by atoms with Gasteiger partial charge in [-0.2, -0.15) is 0 Å². The molecule has 1 fully saturated rings. The Hall–Kier alpha value is -2.08. The molecule has 1 aromatic rings. The van der Waals surface area contributed by atoms with Gasteiger partial charge in [0.05, 0.1) is 12.7 Å². The average Bonchev–Trinajstić information content (AvgIpc) is 3.05. The summed E-state index contributed by atoms with van der Waals surface area (Å²) in [7, 11) is 0. The summed E-state index contributed by atoms with van der Waals surface area (Å²) in [5, 5.41) is 11.1. The van der Waals surface area contributed by atoms with Crippen LogP contribution in [0.25, 0.3) is 0 Å². The molecule has 1 aliphatic carbocycles. The van der Waals surface area contributed by atoms with Gasteiger partial charge >= 0.3 is 5.97 Å². The first-order chi connectivity index (χ1) is 11.6. The Morgan fingerprint density at radius 2 is 2.04 bits per heavy atom. The third kappa shape index (κ3) is 7.00. The van der Waals surface area contributed by atoms with Gasteiger partial charge in [0, 0.05) is 13.0 Å². The number of aryl methyl sites for hydroxylation is 1. The van der Waals surface area contributed by atoms with E-state index < -0.39 is 5.97 Å². The van der Waals surface area contributed by atoms with E-state index in [1.54, 1.807) is 0 Å². The zero-order valence-corrected chi connectivity index (χ0v) is 13.8. The van der Waals surface area contributed by atoms with E-state index in [4.69, 9.17) is 14.6 Å². The number of benzene rings is 1. The summed E-state index contributed by atoms with van der Waals surface area (Å²) >= 11 is 0. The average molecular weight is 335 g/mol. The SMILES string of the molecule is O=C(O)COCCNC(=O)CCc1cccc(OC2CCCC2)c1. The van der Waals surface area contributed by atoms with Crippen molar-refractivity contribution < 1.29 is 24.2 Å². The second-order valence-electron chi connectivity index (χ2n) is 5.97. The van der Waals surface area contributed by atoms with Crippen LogP contribution in [-0.4, -0.2) is 42.8 Å². The van der Waals surface area contributed by atoms with Crippen LogP contribution < -0.4 is 10.1 Å². The van der Waals surface area contributed by atoms with Gasteiger partial charge in [0.2, 0.25) is 5.91 Å². The van der Waals surface area contributed by atoms with Gasteiger partial charge in [-0.3, -0.25) is 4.79 Å². The summed E-state index contributed by atoms with van der Waals surface area (Å²) in [6, 6.07) is 7.91. The monoisotopic (exact) mass is 335 g/mol. The van der Waals surface area contributed by atoms with Gasteiger partial charge in [0.15, 0.2) is 0 Å². The number of hydrogen-bond acceptors (Lipinski definition) is 4. The Balaban J connectivity index is 1.65. The van der Waals surface area contributed by atoms with Crippen LogP contribution in [0.4, 0.5) is 0 Å². The largest absolute Gasteiger partial charge is 0.490 e. The first-order valence-electron chi connectivity index (χ1n) is 8.45. The Bertz CT molecular complexity index is 540. The highest BCUT2D eigenvalue weighted by Gasteiger charge is 2.16. The number of carboxylic acids is 1. The van der Waals surface area contributed by atoms with Crippen molar-refractivity contribution in [2.24, 2.45) is 0 Å². The van der Waals surface area contributed by atoms with Gasteiger partial charge < -0.3 is 19.9 Å². The maximum Gasteiger partial charge on any atom is 0.329 e. The van der Waals surface area contributed by atoms with Gasteiger partial charge in [-0.1, -0.05) is 12.1 Å². The molecule has 0 aliphatic heterocycles. The number of carboxylic acid groups (broad SMARTS) is 1. The Morgan fingerprint density at radius 1 is 1.25 bits per heavy atom. The van der Waals surface area contributed by atoms with E-state index in [1.807, 2.05) is 24.3 Å². The van der Waals surface area contributed by atoms with E-state index in [9.17, 15) is 9.59 Å². The fraction of sp³-hybridized carbons (Fsp3) is 0.556. The molecule has 2 rings (SSSR count). The maximum absolute atomic E-state index is 11.8. The molecule has 0 saturated heterocycles. The quantitative estimate of drug-likeness (QED) is 0.640. The predicted molar refractivity (Wildman–Crippen MR) is 89.1 cm³/mol. The molecule has 1 aliphatic rings. The molecule has 6 nitrogen and oxygen atoms in total. The number of nitrogens with one attached hydrogen (secondary N) is 1. The van der Waals surface area contributed by atoms with Gasteiger partial charge in [0.25, 0.3) is 0 Å². The number of aliphatic carboxylic acids is 1.